The number of aromatic nitrogens is 2. The van der Waals surface area contributed by atoms with E-state index < -0.39 is 11.2 Å². The number of carbonyl (C=O) groups excluding carboxylic acids is 1. The van der Waals surface area contributed by atoms with E-state index in [0.29, 0.717) is 27.9 Å². The van der Waals surface area contributed by atoms with E-state index in [9.17, 15) is 14.4 Å². The van der Waals surface area contributed by atoms with Gasteiger partial charge in [-0.05, 0) is 60.9 Å². The Morgan fingerprint density at radius 1 is 0.944 bits per heavy atom. The molecule has 0 saturated carbocycles. The van der Waals surface area contributed by atoms with Crippen molar-refractivity contribution in [2.45, 2.75) is 26.9 Å². The highest BCUT2D eigenvalue weighted by molar-refractivity contribution is 6.03. The standard InChI is InChI=1S/C28H25N3O5/c1-17-7-6-9-22(18(17)2)29-24(32)16-30-25-21-8-4-5-10-23(21)36-26(25)27(33)31(28(30)34)15-19-11-13-20(35-3)14-12-19/h4-14H,15-16H2,1-3H3,(H,29,32). The normalized spacial score (nSPS) is 11.2. The van der Waals surface area contributed by atoms with Gasteiger partial charge >= 0.3 is 5.69 Å². The van der Waals surface area contributed by atoms with Crippen LogP contribution in [0.2, 0.25) is 0 Å². The largest absolute Gasteiger partial charge is 0.497 e. The van der Waals surface area contributed by atoms with Crippen molar-refractivity contribution in [2.75, 3.05) is 12.4 Å². The Labute approximate surface area is 206 Å². The number of ether oxygens (including phenoxy) is 1. The van der Waals surface area contributed by atoms with Crippen LogP contribution < -0.4 is 21.3 Å². The monoisotopic (exact) mass is 483 g/mol. The number of anilines is 1. The Morgan fingerprint density at radius 2 is 1.69 bits per heavy atom. The van der Waals surface area contributed by atoms with Crippen molar-refractivity contribution in [3.8, 4) is 5.75 Å². The van der Waals surface area contributed by atoms with E-state index in [-0.39, 0.29) is 24.6 Å². The maximum atomic E-state index is 13.7. The third kappa shape index (κ3) is 4.07. The molecule has 1 amide bonds. The molecule has 8 heteroatoms. The van der Waals surface area contributed by atoms with Crippen LogP contribution in [0, 0.1) is 13.8 Å². The minimum Gasteiger partial charge on any atom is -0.497 e. The Bertz CT molecular complexity index is 1730. The fraction of sp³-hybridized carbons (Fsp3) is 0.179. The molecule has 0 spiro atoms. The van der Waals surface area contributed by atoms with E-state index in [2.05, 4.69) is 5.32 Å². The Kier molecular flexibility index (Phi) is 5.93. The molecule has 2 heterocycles. The predicted octanol–water partition coefficient (Wildman–Crippen LogP) is 4.22. The van der Waals surface area contributed by atoms with Gasteiger partial charge < -0.3 is 14.5 Å². The molecule has 0 unspecified atom stereocenters. The smallest absolute Gasteiger partial charge is 0.332 e. The molecule has 0 atom stereocenters. The molecule has 36 heavy (non-hydrogen) atoms. The summed E-state index contributed by atoms with van der Waals surface area (Å²) in [4.78, 5) is 40.2. The molecule has 1 N–H and O–H groups in total. The van der Waals surface area contributed by atoms with Crippen LogP contribution in [0.3, 0.4) is 0 Å². The van der Waals surface area contributed by atoms with Gasteiger partial charge in [0.05, 0.1) is 13.7 Å². The molecule has 8 nitrogen and oxygen atoms in total. The number of fused-ring (bicyclic) bond motifs is 3. The maximum Gasteiger partial charge on any atom is 0.332 e. The summed E-state index contributed by atoms with van der Waals surface area (Å²) < 4.78 is 13.5. The van der Waals surface area contributed by atoms with E-state index in [0.717, 1.165) is 21.3 Å². The summed E-state index contributed by atoms with van der Waals surface area (Å²) in [5.74, 6) is 0.284. The average Bonchev–Trinajstić information content (AvgIpc) is 3.27. The van der Waals surface area contributed by atoms with Crippen molar-refractivity contribution in [3.05, 3.63) is 104 Å². The van der Waals surface area contributed by atoms with Crippen molar-refractivity contribution < 1.29 is 13.9 Å². The third-order valence-electron chi connectivity index (χ3n) is 6.42. The number of para-hydroxylation sites is 1. The predicted molar refractivity (Wildman–Crippen MR) is 139 cm³/mol. The van der Waals surface area contributed by atoms with Crippen molar-refractivity contribution in [1.82, 2.24) is 9.13 Å². The zero-order valence-electron chi connectivity index (χ0n) is 20.2. The summed E-state index contributed by atoms with van der Waals surface area (Å²) in [6, 6.07) is 19.8. The highest BCUT2D eigenvalue weighted by Crippen LogP contribution is 2.26. The molecule has 0 aliphatic carbocycles. The van der Waals surface area contributed by atoms with E-state index in [1.165, 1.54) is 4.57 Å². The first-order valence-electron chi connectivity index (χ1n) is 11.5. The number of benzene rings is 3. The number of furan rings is 1. The van der Waals surface area contributed by atoms with Gasteiger partial charge in [0.1, 0.15) is 23.4 Å². The summed E-state index contributed by atoms with van der Waals surface area (Å²) >= 11 is 0. The van der Waals surface area contributed by atoms with Crippen LogP contribution in [0.5, 0.6) is 5.75 Å². The maximum absolute atomic E-state index is 13.7. The number of aryl methyl sites for hydroxylation is 1. The van der Waals surface area contributed by atoms with Crippen LogP contribution in [0.15, 0.2) is 80.7 Å². The molecular formula is C28H25N3O5. The molecule has 0 fully saturated rings. The molecule has 182 valence electrons. The van der Waals surface area contributed by atoms with Crippen LogP contribution in [0.1, 0.15) is 16.7 Å². The number of rotatable bonds is 6. The van der Waals surface area contributed by atoms with Crippen molar-refractivity contribution in [1.29, 1.82) is 0 Å². The summed E-state index contributed by atoms with van der Waals surface area (Å²) in [5, 5.41) is 3.49. The van der Waals surface area contributed by atoms with E-state index in [1.807, 2.05) is 32.0 Å². The number of nitrogens with zero attached hydrogens (tertiary/aromatic N) is 2. The number of amides is 1. The quantitative estimate of drug-likeness (QED) is 0.390. The molecule has 0 aliphatic heterocycles. The van der Waals surface area contributed by atoms with E-state index in [1.54, 1.807) is 55.6 Å². The zero-order chi connectivity index (χ0) is 25.4. The Morgan fingerprint density at radius 3 is 2.44 bits per heavy atom. The van der Waals surface area contributed by atoms with Crippen molar-refractivity contribution >= 4 is 33.7 Å². The van der Waals surface area contributed by atoms with Gasteiger partial charge in [-0.1, -0.05) is 36.4 Å². The first kappa shape index (κ1) is 23.2. The molecule has 0 aliphatic rings. The Balaban J connectivity index is 1.63. The lowest BCUT2D eigenvalue weighted by Gasteiger charge is -2.14. The average molecular weight is 484 g/mol. The van der Waals surface area contributed by atoms with Crippen LogP contribution in [-0.4, -0.2) is 22.2 Å². The van der Waals surface area contributed by atoms with Gasteiger partial charge in [-0.25, -0.2) is 4.79 Å². The molecule has 5 rings (SSSR count). The van der Waals surface area contributed by atoms with Crippen LogP contribution >= 0.6 is 0 Å². The van der Waals surface area contributed by atoms with Crippen molar-refractivity contribution in [2.24, 2.45) is 0 Å². The molecule has 2 aromatic heterocycles. The minimum absolute atomic E-state index is 0.0211. The Hall–Kier alpha value is -4.59. The highest BCUT2D eigenvalue weighted by atomic mass is 16.5. The summed E-state index contributed by atoms with van der Waals surface area (Å²) in [6.07, 6.45) is 0. The van der Waals surface area contributed by atoms with Crippen molar-refractivity contribution in [3.63, 3.8) is 0 Å². The second-order valence-electron chi connectivity index (χ2n) is 8.68. The number of hydrogen-bond acceptors (Lipinski definition) is 5. The first-order chi connectivity index (χ1) is 17.4. The SMILES string of the molecule is COc1ccc(Cn2c(=O)c3oc4ccccc4c3n(CC(=O)Nc3cccc(C)c3C)c2=O)cc1. The number of methoxy groups -OCH3 is 1. The fourth-order valence-corrected chi connectivity index (χ4v) is 4.32. The number of nitrogens with one attached hydrogen (secondary N) is 1. The van der Waals surface area contributed by atoms with E-state index >= 15 is 0 Å². The van der Waals surface area contributed by atoms with Gasteiger partial charge in [-0.15, -0.1) is 0 Å². The summed E-state index contributed by atoms with van der Waals surface area (Å²) in [6.45, 7) is 3.63. The summed E-state index contributed by atoms with van der Waals surface area (Å²) in [5.41, 5.74) is 3.06. The highest BCUT2D eigenvalue weighted by Gasteiger charge is 2.21. The van der Waals surface area contributed by atoms with Gasteiger partial charge in [-0.2, -0.15) is 0 Å². The molecule has 0 radical (unpaired) electrons. The van der Waals surface area contributed by atoms with Gasteiger partial charge in [0.2, 0.25) is 11.5 Å². The second-order valence-corrected chi connectivity index (χ2v) is 8.68. The number of carbonyl (C=O) groups is 1. The van der Waals surface area contributed by atoms with Gasteiger partial charge in [0.25, 0.3) is 5.56 Å². The van der Waals surface area contributed by atoms with Crippen LogP contribution in [0.4, 0.5) is 5.69 Å². The molecule has 3 aromatic carbocycles. The van der Waals surface area contributed by atoms with Crippen LogP contribution in [0.25, 0.3) is 22.1 Å². The zero-order valence-corrected chi connectivity index (χ0v) is 20.2. The molecule has 0 saturated heterocycles. The number of hydrogen-bond donors (Lipinski definition) is 1. The summed E-state index contributed by atoms with van der Waals surface area (Å²) in [7, 11) is 1.57. The molecular weight excluding hydrogens is 458 g/mol. The minimum atomic E-state index is -0.592. The van der Waals surface area contributed by atoms with E-state index in [4.69, 9.17) is 9.15 Å². The van der Waals surface area contributed by atoms with Gasteiger partial charge in [0.15, 0.2) is 0 Å². The third-order valence-corrected chi connectivity index (χ3v) is 6.42. The second kappa shape index (κ2) is 9.22. The topological polar surface area (TPSA) is 95.5 Å². The first-order valence-corrected chi connectivity index (χ1v) is 11.5. The van der Waals surface area contributed by atoms with Gasteiger partial charge in [0, 0.05) is 11.1 Å². The lowest BCUT2D eigenvalue weighted by Crippen LogP contribution is -2.41. The van der Waals surface area contributed by atoms with Gasteiger partial charge in [-0.3, -0.25) is 18.7 Å². The van der Waals surface area contributed by atoms with Crippen LogP contribution in [-0.2, 0) is 17.9 Å². The lowest BCUT2D eigenvalue weighted by molar-refractivity contribution is -0.116. The molecule has 0 bridgehead atoms. The molecule has 5 aromatic rings. The fourth-order valence-electron chi connectivity index (χ4n) is 4.32. The lowest BCUT2D eigenvalue weighted by atomic mass is 10.1.